The Labute approximate surface area is 170 Å². The van der Waals surface area contributed by atoms with E-state index in [1.165, 1.54) is 24.3 Å². The molecule has 2 aromatic carbocycles. The number of benzene rings is 2. The maximum absolute atomic E-state index is 12.2. The van der Waals surface area contributed by atoms with Gasteiger partial charge in [-0.1, -0.05) is 0 Å². The van der Waals surface area contributed by atoms with Gasteiger partial charge < -0.3 is 0 Å². The third-order valence-electron chi connectivity index (χ3n) is 4.53. The van der Waals surface area contributed by atoms with E-state index in [1.54, 1.807) is 36.4 Å². The normalized spacial score (nSPS) is 10.7. The van der Waals surface area contributed by atoms with Gasteiger partial charge in [0.1, 0.15) is 0 Å². The van der Waals surface area contributed by atoms with Crippen LogP contribution < -0.4 is 0 Å². The average molecular weight is 454 g/mol. The van der Waals surface area contributed by atoms with Crippen LogP contribution in [0.25, 0.3) is 0 Å². The fourth-order valence-corrected chi connectivity index (χ4v) is 7.75. The summed E-state index contributed by atoms with van der Waals surface area (Å²) in [4.78, 5) is 24.1. The average Bonchev–Trinajstić information content (AvgIpc) is 2.70. The first-order valence-electron chi connectivity index (χ1n) is 9.25. The predicted octanol–water partition coefficient (Wildman–Crippen LogP) is 4.75. The fourth-order valence-electron chi connectivity index (χ4n) is 2.91. The third kappa shape index (κ3) is 6.49. The van der Waals surface area contributed by atoms with Crippen LogP contribution in [0.15, 0.2) is 60.7 Å². The molecule has 0 heterocycles. The van der Waals surface area contributed by atoms with E-state index in [2.05, 4.69) is 0 Å². The summed E-state index contributed by atoms with van der Waals surface area (Å²) >= 11 is -10.1. The molecule has 0 bridgehead atoms. The molecule has 0 amide bonds. The van der Waals surface area contributed by atoms with Gasteiger partial charge in [0.05, 0.1) is 0 Å². The van der Waals surface area contributed by atoms with Gasteiger partial charge in [-0.3, -0.25) is 0 Å². The second-order valence-electron chi connectivity index (χ2n) is 6.81. The van der Waals surface area contributed by atoms with E-state index < -0.39 is 41.2 Å². The zero-order valence-corrected chi connectivity index (χ0v) is 18.6. The van der Waals surface area contributed by atoms with E-state index in [4.69, 9.17) is 0 Å². The Morgan fingerprint density at radius 2 is 0.857 bits per heavy atom. The number of hydrogen-bond donors (Lipinski definition) is 0. The third-order valence-corrected chi connectivity index (χ3v) is 10.7. The zero-order valence-electron chi connectivity index (χ0n) is 15.5. The van der Waals surface area contributed by atoms with Crippen molar-refractivity contribution in [2.75, 3.05) is 0 Å². The Hall–Kier alpha value is -1.59. The molecule has 0 aromatic heterocycles. The Bertz CT molecular complexity index is 925. The summed E-state index contributed by atoms with van der Waals surface area (Å²) in [6, 6.07) is 15.8. The first kappa shape index (κ1) is 22.7. The number of hydrogen-bond acceptors (Lipinski definition) is 6. The van der Waals surface area contributed by atoms with Crippen LogP contribution in [0, 0.1) is 0 Å². The summed E-state index contributed by atoms with van der Waals surface area (Å²) in [5.74, 6) is 0. The van der Waals surface area contributed by atoms with Crippen LogP contribution in [0.5, 0.6) is 0 Å². The monoisotopic (exact) mass is 454 g/mol. The minimum atomic E-state index is -5.06. The molecule has 0 aliphatic rings. The van der Waals surface area contributed by atoms with Crippen molar-refractivity contribution in [3.05, 3.63) is 71.8 Å². The number of rotatable bonds is 11. The van der Waals surface area contributed by atoms with Gasteiger partial charge in [0.2, 0.25) is 0 Å². The van der Waals surface area contributed by atoms with Crippen molar-refractivity contribution in [2.24, 2.45) is 0 Å². The molecular formula is C20H22O6Ti2. The summed E-state index contributed by atoms with van der Waals surface area (Å²) in [5, 5.41) is 0. The molecule has 0 aliphatic heterocycles. The fraction of sp³-hybridized carbons (Fsp3) is 0.300. The summed E-state index contributed by atoms with van der Waals surface area (Å²) < 4.78 is 46.8. The van der Waals surface area contributed by atoms with Crippen molar-refractivity contribution in [1.82, 2.24) is 0 Å². The van der Waals surface area contributed by atoms with Crippen molar-refractivity contribution in [2.45, 2.75) is 35.1 Å². The second-order valence-corrected chi connectivity index (χ2v) is 14.5. The molecule has 0 fully saturated rings. The summed E-state index contributed by atoms with van der Waals surface area (Å²) in [6.07, 6.45) is 1.63. The molecular weight excluding hydrogens is 432 g/mol. The first-order chi connectivity index (χ1) is 13.2. The molecule has 146 valence electrons. The maximum atomic E-state index is 12.2. The van der Waals surface area contributed by atoms with Gasteiger partial charge in [-0.2, -0.15) is 0 Å². The van der Waals surface area contributed by atoms with Crippen molar-refractivity contribution < 1.29 is 55.9 Å². The van der Waals surface area contributed by atoms with Crippen LogP contribution in [-0.4, -0.2) is 8.18 Å². The molecule has 28 heavy (non-hydrogen) atoms. The van der Waals surface area contributed by atoms with Crippen LogP contribution in [-0.2, 0) is 46.4 Å². The van der Waals surface area contributed by atoms with Gasteiger partial charge in [-0.25, -0.2) is 0 Å². The number of carbonyl (C=O) groups excluding carboxylic acids is 2. The second kappa shape index (κ2) is 10.3. The van der Waals surface area contributed by atoms with E-state index in [9.17, 15) is 22.9 Å². The molecule has 2 aromatic rings. The van der Waals surface area contributed by atoms with E-state index in [0.717, 1.165) is 0 Å². The minimum absolute atomic E-state index is 0.169. The molecule has 0 saturated carbocycles. The van der Waals surface area contributed by atoms with Crippen molar-refractivity contribution in [3.63, 3.8) is 0 Å². The standard InChI is InChI=1S/2C7H5O.C6H12.4O.2Ti/c2*8-6-7-4-2-1-3-5-7;1-3-5-6-4-2;;;;;;/h2*1-5H;1-6H2;;;;;;. The van der Waals surface area contributed by atoms with Gasteiger partial charge in [-0.15, -0.1) is 0 Å². The SMILES string of the molecule is O=[C](c1ccccc1)[Ti](=[O])(=[O])[CH2]CCCC[CH2][Ti](=[O])(=[O])[C](=O)c1ccccc1. The van der Waals surface area contributed by atoms with Gasteiger partial charge in [0.25, 0.3) is 0 Å². The van der Waals surface area contributed by atoms with E-state index in [0.29, 0.717) is 25.7 Å². The van der Waals surface area contributed by atoms with Crippen LogP contribution in [0.2, 0.25) is 9.45 Å². The molecule has 0 aliphatic carbocycles. The van der Waals surface area contributed by atoms with Crippen molar-refractivity contribution in [3.8, 4) is 0 Å². The van der Waals surface area contributed by atoms with Crippen LogP contribution >= 0.6 is 0 Å². The Kier molecular flexibility index (Phi) is 8.32. The molecule has 6 nitrogen and oxygen atoms in total. The summed E-state index contributed by atoms with van der Waals surface area (Å²) in [5.41, 5.74) is 0.366. The van der Waals surface area contributed by atoms with E-state index >= 15 is 0 Å². The topological polar surface area (TPSA) is 102 Å². The number of carbonyl (C=O) groups is 2. The molecule has 0 radical (unpaired) electrons. The Balaban J connectivity index is 1.75. The van der Waals surface area contributed by atoms with E-state index in [1.807, 2.05) is 0 Å². The van der Waals surface area contributed by atoms with E-state index in [-0.39, 0.29) is 20.6 Å². The first-order valence-corrected chi connectivity index (χ1v) is 15.6. The Morgan fingerprint density at radius 3 is 1.18 bits per heavy atom. The number of unbranched alkanes of at least 4 members (excludes halogenated alkanes) is 3. The predicted molar refractivity (Wildman–Crippen MR) is 92.4 cm³/mol. The zero-order chi connectivity index (χ0) is 20.6. The molecule has 0 saturated heterocycles. The quantitative estimate of drug-likeness (QED) is 0.359. The van der Waals surface area contributed by atoms with Gasteiger partial charge >= 0.3 is 171 Å². The van der Waals surface area contributed by atoms with Gasteiger partial charge in [0, 0.05) is 0 Å². The van der Waals surface area contributed by atoms with Gasteiger partial charge in [-0.05, 0) is 0 Å². The summed E-state index contributed by atoms with van der Waals surface area (Å²) in [7, 11) is 0. The molecule has 0 N–H and O–H groups in total. The van der Waals surface area contributed by atoms with Gasteiger partial charge in [0.15, 0.2) is 0 Å². The molecule has 8 heteroatoms. The molecule has 0 unspecified atom stereocenters. The Morgan fingerprint density at radius 1 is 0.536 bits per heavy atom. The van der Waals surface area contributed by atoms with Crippen molar-refractivity contribution >= 4 is 8.18 Å². The van der Waals surface area contributed by atoms with Crippen LogP contribution in [0.4, 0.5) is 0 Å². The van der Waals surface area contributed by atoms with Crippen LogP contribution in [0.1, 0.15) is 46.4 Å². The summed E-state index contributed by atoms with van der Waals surface area (Å²) in [6.45, 7) is 0. The molecule has 2 rings (SSSR count). The van der Waals surface area contributed by atoms with Crippen LogP contribution in [0.3, 0.4) is 0 Å². The molecule has 0 atom stereocenters. The molecule has 0 spiro atoms. The van der Waals surface area contributed by atoms with Crippen molar-refractivity contribution in [1.29, 1.82) is 0 Å².